The Balaban J connectivity index is 2.37. The van der Waals surface area contributed by atoms with Crippen LogP contribution < -0.4 is 10.2 Å². The number of aromatic nitrogens is 1. The SMILES string of the molecule is CCCCCN(C)c1nc(CNCC)cs1. The molecule has 0 fully saturated rings. The predicted octanol–water partition coefficient (Wildman–Crippen LogP) is 2.88. The molecule has 0 aliphatic carbocycles. The lowest BCUT2D eigenvalue weighted by atomic mass is 10.2. The third kappa shape index (κ3) is 4.49. The van der Waals surface area contributed by atoms with E-state index in [2.05, 4.69) is 41.5 Å². The molecule has 1 heterocycles. The second-order valence-electron chi connectivity index (χ2n) is 4.03. The van der Waals surface area contributed by atoms with Crippen LogP contribution in [0.25, 0.3) is 0 Å². The van der Waals surface area contributed by atoms with Crippen LogP contribution in [0.15, 0.2) is 5.38 Å². The number of hydrogen-bond donors (Lipinski definition) is 1. The zero-order chi connectivity index (χ0) is 11.8. The molecule has 3 nitrogen and oxygen atoms in total. The van der Waals surface area contributed by atoms with E-state index in [1.165, 1.54) is 19.3 Å². The van der Waals surface area contributed by atoms with Crippen LogP contribution in [0.2, 0.25) is 0 Å². The van der Waals surface area contributed by atoms with E-state index >= 15 is 0 Å². The highest BCUT2D eigenvalue weighted by atomic mass is 32.1. The van der Waals surface area contributed by atoms with Crippen molar-refractivity contribution >= 4 is 16.5 Å². The average Bonchev–Trinajstić information content (AvgIpc) is 2.75. The number of thiazole rings is 1. The van der Waals surface area contributed by atoms with Crippen molar-refractivity contribution in [2.24, 2.45) is 0 Å². The zero-order valence-electron chi connectivity index (χ0n) is 10.6. The second-order valence-corrected chi connectivity index (χ2v) is 4.87. The summed E-state index contributed by atoms with van der Waals surface area (Å²) in [5.74, 6) is 0. The molecule has 0 aliphatic heterocycles. The quantitative estimate of drug-likeness (QED) is 0.709. The highest BCUT2D eigenvalue weighted by molar-refractivity contribution is 7.13. The third-order valence-electron chi connectivity index (χ3n) is 2.52. The van der Waals surface area contributed by atoms with Crippen molar-refractivity contribution in [3.8, 4) is 0 Å². The highest BCUT2D eigenvalue weighted by Gasteiger charge is 2.05. The first-order valence-electron chi connectivity index (χ1n) is 6.14. The molecule has 0 saturated carbocycles. The molecule has 4 heteroatoms. The fourth-order valence-electron chi connectivity index (χ4n) is 1.50. The van der Waals surface area contributed by atoms with Crippen molar-refractivity contribution in [3.63, 3.8) is 0 Å². The first-order valence-corrected chi connectivity index (χ1v) is 7.02. The number of hydrogen-bond acceptors (Lipinski definition) is 4. The molecule has 0 unspecified atom stereocenters. The molecule has 0 saturated heterocycles. The number of rotatable bonds is 8. The Morgan fingerprint density at radius 2 is 2.19 bits per heavy atom. The van der Waals surface area contributed by atoms with Gasteiger partial charge in [-0.1, -0.05) is 26.7 Å². The van der Waals surface area contributed by atoms with Crippen molar-refractivity contribution in [1.29, 1.82) is 0 Å². The third-order valence-corrected chi connectivity index (χ3v) is 3.52. The minimum Gasteiger partial charge on any atom is -0.351 e. The highest BCUT2D eigenvalue weighted by Crippen LogP contribution is 2.19. The van der Waals surface area contributed by atoms with Crippen LogP contribution >= 0.6 is 11.3 Å². The van der Waals surface area contributed by atoms with Gasteiger partial charge in [0.15, 0.2) is 5.13 Å². The summed E-state index contributed by atoms with van der Waals surface area (Å²) >= 11 is 1.74. The first-order chi connectivity index (χ1) is 7.77. The van der Waals surface area contributed by atoms with E-state index in [9.17, 15) is 0 Å². The Bertz CT molecular complexity index is 286. The Morgan fingerprint density at radius 3 is 2.88 bits per heavy atom. The van der Waals surface area contributed by atoms with E-state index in [1.54, 1.807) is 11.3 Å². The molecule has 16 heavy (non-hydrogen) atoms. The van der Waals surface area contributed by atoms with Gasteiger partial charge in [0.2, 0.25) is 0 Å². The smallest absolute Gasteiger partial charge is 0.185 e. The lowest BCUT2D eigenvalue weighted by molar-refractivity contribution is 0.697. The lowest BCUT2D eigenvalue weighted by Gasteiger charge is -2.14. The number of unbranched alkanes of at least 4 members (excludes halogenated alkanes) is 2. The second kappa shape index (κ2) is 7.63. The summed E-state index contributed by atoms with van der Waals surface area (Å²) in [5.41, 5.74) is 1.16. The van der Waals surface area contributed by atoms with E-state index < -0.39 is 0 Å². The Kier molecular flexibility index (Phi) is 6.42. The maximum absolute atomic E-state index is 4.61. The number of anilines is 1. The van der Waals surface area contributed by atoms with E-state index in [1.807, 2.05) is 0 Å². The number of nitrogens with one attached hydrogen (secondary N) is 1. The maximum atomic E-state index is 4.61. The fourth-order valence-corrected chi connectivity index (χ4v) is 2.32. The first kappa shape index (κ1) is 13.5. The molecule has 0 aliphatic rings. The van der Waals surface area contributed by atoms with Gasteiger partial charge in [0.05, 0.1) is 5.69 Å². The zero-order valence-corrected chi connectivity index (χ0v) is 11.4. The standard InChI is InChI=1S/C12H23N3S/c1-4-6-7-8-15(3)12-14-11(10-16-12)9-13-5-2/h10,13H,4-9H2,1-3H3. The van der Waals surface area contributed by atoms with E-state index in [0.29, 0.717) is 0 Å². The molecule has 1 N–H and O–H groups in total. The topological polar surface area (TPSA) is 28.2 Å². The van der Waals surface area contributed by atoms with Gasteiger partial charge in [-0.25, -0.2) is 4.98 Å². The Labute approximate surface area is 103 Å². The van der Waals surface area contributed by atoms with Gasteiger partial charge in [-0.3, -0.25) is 0 Å². The van der Waals surface area contributed by atoms with Crippen molar-refractivity contribution in [2.75, 3.05) is 25.0 Å². The van der Waals surface area contributed by atoms with Crippen molar-refractivity contribution in [2.45, 2.75) is 39.7 Å². The molecular weight excluding hydrogens is 218 g/mol. The summed E-state index contributed by atoms with van der Waals surface area (Å²) in [6.45, 7) is 7.35. The molecule has 1 aromatic heterocycles. The summed E-state index contributed by atoms with van der Waals surface area (Å²) in [6.07, 6.45) is 3.84. The molecule has 92 valence electrons. The Hall–Kier alpha value is -0.610. The fraction of sp³-hybridized carbons (Fsp3) is 0.750. The van der Waals surface area contributed by atoms with Gasteiger partial charge >= 0.3 is 0 Å². The normalized spacial score (nSPS) is 10.7. The van der Waals surface area contributed by atoms with E-state index in [4.69, 9.17) is 0 Å². The molecular formula is C12H23N3S. The van der Waals surface area contributed by atoms with Crippen molar-refractivity contribution in [1.82, 2.24) is 10.3 Å². The molecule has 1 aromatic rings. The van der Waals surface area contributed by atoms with E-state index in [-0.39, 0.29) is 0 Å². The van der Waals surface area contributed by atoms with Crippen molar-refractivity contribution < 1.29 is 0 Å². The molecule has 1 rings (SSSR count). The molecule has 0 aromatic carbocycles. The summed E-state index contributed by atoms with van der Waals surface area (Å²) in [7, 11) is 2.13. The molecule has 0 atom stereocenters. The van der Waals surface area contributed by atoms with Gasteiger partial charge < -0.3 is 10.2 Å². The van der Waals surface area contributed by atoms with Crippen LogP contribution in [0.1, 0.15) is 38.8 Å². The van der Waals surface area contributed by atoms with Crippen LogP contribution in [-0.2, 0) is 6.54 Å². The van der Waals surface area contributed by atoms with Crippen molar-refractivity contribution in [3.05, 3.63) is 11.1 Å². The van der Waals surface area contributed by atoms with Gasteiger partial charge in [-0.05, 0) is 13.0 Å². The Morgan fingerprint density at radius 1 is 1.38 bits per heavy atom. The summed E-state index contributed by atoms with van der Waals surface area (Å²) < 4.78 is 0. The maximum Gasteiger partial charge on any atom is 0.185 e. The van der Waals surface area contributed by atoms with Crippen LogP contribution in [0.3, 0.4) is 0 Å². The van der Waals surface area contributed by atoms with Crippen LogP contribution in [-0.4, -0.2) is 25.1 Å². The minimum atomic E-state index is 0.885. The van der Waals surface area contributed by atoms with Gasteiger partial charge in [-0.2, -0.15) is 0 Å². The van der Waals surface area contributed by atoms with Gasteiger partial charge in [-0.15, -0.1) is 11.3 Å². The molecule has 0 spiro atoms. The summed E-state index contributed by atoms with van der Waals surface area (Å²) in [6, 6.07) is 0. The monoisotopic (exact) mass is 241 g/mol. The molecule has 0 amide bonds. The molecule has 0 bridgehead atoms. The largest absolute Gasteiger partial charge is 0.351 e. The lowest BCUT2D eigenvalue weighted by Crippen LogP contribution is -2.18. The van der Waals surface area contributed by atoms with Crippen LogP contribution in [0.5, 0.6) is 0 Å². The van der Waals surface area contributed by atoms with Crippen LogP contribution in [0.4, 0.5) is 5.13 Å². The van der Waals surface area contributed by atoms with Gasteiger partial charge in [0.25, 0.3) is 0 Å². The van der Waals surface area contributed by atoms with E-state index in [0.717, 1.165) is 30.5 Å². The van der Waals surface area contributed by atoms with Gasteiger partial charge in [0.1, 0.15) is 0 Å². The average molecular weight is 241 g/mol. The number of nitrogens with zero attached hydrogens (tertiary/aromatic N) is 2. The summed E-state index contributed by atoms with van der Waals surface area (Å²) in [4.78, 5) is 6.87. The molecule has 0 radical (unpaired) electrons. The minimum absolute atomic E-state index is 0.885. The summed E-state index contributed by atoms with van der Waals surface area (Å²) in [5, 5.41) is 6.58. The van der Waals surface area contributed by atoms with Crippen LogP contribution in [0, 0.1) is 0 Å². The van der Waals surface area contributed by atoms with Gasteiger partial charge in [0, 0.05) is 25.5 Å². The predicted molar refractivity (Wildman–Crippen MR) is 72.3 cm³/mol.